The maximum absolute atomic E-state index is 12.5. The summed E-state index contributed by atoms with van der Waals surface area (Å²) in [5.41, 5.74) is -1.11. The lowest BCUT2D eigenvalue weighted by Gasteiger charge is -2.05. The van der Waals surface area contributed by atoms with Crippen molar-refractivity contribution in [2.24, 2.45) is 14.1 Å². The molecular formula is C16H15N5O5S. The highest BCUT2D eigenvalue weighted by Crippen LogP contribution is 2.14. The zero-order chi connectivity index (χ0) is 19.9. The molecule has 0 saturated carbocycles. The van der Waals surface area contributed by atoms with E-state index in [9.17, 15) is 22.8 Å². The highest BCUT2D eigenvalue weighted by Gasteiger charge is 2.23. The molecule has 3 heterocycles. The molecule has 140 valence electrons. The SMILES string of the molecule is Cn1c(=O)c2c(nc(S(C)(=O)=O)n2C)n(CC#Cc2ccc(=O)[nH]c2)c1=O. The number of aromatic nitrogens is 5. The highest BCUT2D eigenvalue weighted by atomic mass is 32.2. The minimum Gasteiger partial charge on any atom is -0.328 e. The molecule has 0 saturated heterocycles. The fourth-order valence-corrected chi connectivity index (χ4v) is 3.43. The Kier molecular flexibility index (Phi) is 4.36. The van der Waals surface area contributed by atoms with E-state index < -0.39 is 21.1 Å². The molecule has 11 heteroatoms. The number of sulfone groups is 1. The number of pyridine rings is 1. The van der Waals surface area contributed by atoms with Gasteiger partial charge >= 0.3 is 5.69 Å². The summed E-state index contributed by atoms with van der Waals surface area (Å²) in [6, 6.07) is 2.84. The van der Waals surface area contributed by atoms with E-state index in [1.165, 1.54) is 32.4 Å². The average molecular weight is 389 g/mol. The fourth-order valence-electron chi connectivity index (χ4n) is 2.59. The minimum absolute atomic E-state index is 0.0108. The van der Waals surface area contributed by atoms with Crippen LogP contribution in [0.3, 0.4) is 0 Å². The summed E-state index contributed by atoms with van der Waals surface area (Å²) >= 11 is 0. The molecule has 0 atom stereocenters. The maximum atomic E-state index is 12.5. The molecule has 27 heavy (non-hydrogen) atoms. The molecule has 0 unspecified atom stereocenters. The van der Waals surface area contributed by atoms with Gasteiger partial charge < -0.3 is 9.55 Å². The summed E-state index contributed by atoms with van der Waals surface area (Å²) < 4.78 is 27.0. The summed E-state index contributed by atoms with van der Waals surface area (Å²) in [5.74, 6) is 5.54. The molecule has 1 N–H and O–H groups in total. The average Bonchev–Trinajstić information content (AvgIpc) is 2.95. The number of H-pyrrole nitrogens is 1. The molecule has 0 aliphatic heterocycles. The van der Waals surface area contributed by atoms with Crippen molar-refractivity contribution in [3.63, 3.8) is 0 Å². The largest absolute Gasteiger partial charge is 0.333 e. The number of aromatic amines is 1. The number of rotatable bonds is 2. The van der Waals surface area contributed by atoms with E-state index >= 15 is 0 Å². The van der Waals surface area contributed by atoms with Crippen molar-refractivity contribution in [3.8, 4) is 11.8 Å². The van der Waals surface area contributed by atoms with E-state index in [2.05, 4.69) is 21.8 Å². The molecule has 0 spiro atoms. The van der Waals surface area contributed by atoms with Gasteiger partial charge in [-0.2, -0.15) is 4.98 Å². The first-order valence-corrected chi connectivity index (χ1v) is 9.54. The summed E-state index contributed by atoms with van der Waals surface area (Å²) in [7, 11) is -1.01. The molecule has 3 aromatic heterocycles. The lowest BCUT2D eigenvalue weighted by Crippen LogP contribution is -2.38. The molecule has 0 aliphatic rings. The van der Waals surface area contributed by atoms with E-state index in [0.29, 0.717) is 5.56 Å². The van der Waals surface area contributed by atoms with Gasteiger partial charge in [0.2, 0.25) is 20.6 Å². The minimum atomic E-state index is -3.70. The van der Waals surface area contributed by atoms with Gasteiger partial charge in [0, 0.05) is 38.2 Å². The quantitative estimate of drug-likeness (QED) is 0.536. The molecule has 3 rings (SSSR count). The zero-order valence-corrected chi connectivity index (χ0v) is 15.5. The molecular weight excluding hydrogens is 374 g/mol. The monoisotopic (exact) mass is 389 g/mol. The normalized spacial score (nSPS) is 11.4. The number of hydrogen-bond donors (Lipinski definition) is 1. The molecule has 0 aliphatic carbocycles. The molecule has 0 fully saturated rings. The molecule has 10 nitrogen and oxygen atoms in total. The van der Waals surface area contributed by atoms with E-state index in [1.807, 2.05) is 0 Å². The van der Waals surface area contributed by atoms with E-state index in [0.717, 1.165) is 20.0 Å². The van der Waals surface area contributed by atoms with Crippen LogP contribution in [-0.4, -0.2) is 38.3 Å². The summed E-state index contributed by atoms with van der Waals surface area (Å²) in [4.78, 5) is 42.4. The third-order valence-corrected chi connectivity index (χ3v) is 4.93. The molecule has 0 amide bonds. The van der Waals surface area contributed by atoms with Gasteiger partial charge in [0.1, 0.15) is 0 Å². The van der Waals surface area contributed by atoms with Crippen LogP contribution in [0, 0.1) is 11.8 Å². The summed E-state index contributed by atoms with van der Waals surface area (Å²) in [6.07, 6.45) is 2.40. The third kappa shape index (κ3) is 3.22. The Morgan fingerprint density at radius 2 is 1.85 bits per heavy atom. The van der Waals surface area contributed by atoms with Gasteiger partial charge in [-0.05, 0) is 6.07 Å². The fraction of sp³-hybridized carbons (Fsp3) is 0.250. The van der Waals surface area contributed by atoms with Crippen molar-refractivity contribution < 1.29 is 8.42 Å². The second kappa shape index (κ2) is 6.40. The van der Waals surface area contributed by atoms with Crippen molar-refractivity contribution >= 4 is 21.0 Å². The Hall–Kier alpha value is -3.39. The first-order valence-electron chi connectivity index (χ1n) is 7.65. The van der Waals surface area contributed by atoms with Crippen molar-refractivity contribution in [1.29, 1.82) is 0 Å². The Morgan fingerprint density at radius 1 is 1.15 bits per heavy atom. The molecule has 3 aromatic rings. The first-order chi connectivity index (χ1) is 12.6. The van der Waals surface area contributed by atoms with Crippen molar-refractivity contribution in [3.05, 3.63) is 55.1 Å². The number of fused-ring (bicyclic) bond motifs is 1. The maximum Gasteiger partial charge on any atom is 0.333 e. The van der Waals surface area contributed by atoms with Crippen molar-refractivity contribution in [2.45, 2.75) is 11.7 Å². The van der Waals surface area contributed by atoms with Crippen LogP contribution in [0.2, 0.25) is 0 Å². The smallest absolute Gasteiger partial charge is 0.328 e. The van der Waals surface area contributed by atoms with E-state index in [1.54, 1.807) is 0 Å². The van der Waals surface area contributed by atoms with E-state index in [4.69, 9.17) is 0 Å². The van der Waals surface area contributed by atoms with Gasteiger partial charge in [-0.3, -0.25) is 18.7 Å². The molecule has 0 radical (unpaired) electrons. The predicted octanol–water partition coefficient (Wildman–Crippen LogP) is -1.42. The van der Waals surface area contributed by atoms with Gasteiger partial charge in [0.25, 0.3) is 5.56 Å². The number of nitrogens with one attached hydrogen (secondary N) is 1. The van der Waals surface area contributed by atoms with Crippen LogP contribution in [-0.2, 0) is 30.5 Å². The summed E-state index contributed by atoms with van der Waals surface area (Å²) in [5, 5.41) is -0.317. The summed E-state index contributed by atoms with van der Waals surface area (Å²) in [6.45, 7) is -0.122. The Labute approximate surface area is 152 Å². The van der Waals surface area contributed by atoms with Crippen LogP contribution in [0.4, 0.5) is 0 Å². The predicted molar refractivity (Wildman–Crippen MR) is 97.3 cm³/mol. The van der Waals surface area contributed by atoms with Gasteiger partial charge in [0.15, 0.2) is 11.2 Å². The third-order valence-electron chi connectivity index (χ3n) is 3.90. The van der Waals surface area contributed by atoms with Gasteiger partial charge in [-0.15, -0.1) is 0 Å². The topological polar surface area (TPSA) is 129 Å². The Bertz CT molecular complexity index is 1390. The molecule has 0 aromatic carbocycles. The van der Waals surface area contributed by atoms with Crippen LogP contribution < -0.4 is 16.8 Å². The van der Waals surface area contributed by atoms with Crippen LogP contribution >= 0.6 is 0 Å². The lowest BCUT2D eigenvalue weighted by atomic mass is 10.3. The lowest BCUT2D eigenvalue weighted by molar-refractivity contribution is 0.586. The van der Waals surface area contributed by atoms with Gasteiger partial charge in [-0.1, -0.05) is 11.8 Å². The number of hydrogen-bond acceptors (Lipinski definition) is 6. The number of nitrogens with zero attached hydrogens (tertiary/aromatic N) is 4. The number of aryl methyl sites for hydroxylation is 1. The van der Waals surface area contributed by atoms with Crippen LogP contribution in [0.25, 0.3) is 11.2 Å². The number of imidazole rings is 1. The zero-order valence-electron chi connectivity index (χ0n) is 14.7. The van der Waals surface area contributed by atoms with Gasteiger partial charge in [-0.25, -0.2) is 13.2 Å². The van der Waals surface area contributed by atoms with E-state index in [-0.39, 0.29) is 28.4 Å². The first kappa shape index (κ1) is 18.4. The van der Waals surface area contributed by atoms with Crippen LogP contribution in [0.5, 0.6) is 0 Å². The van der Waals surface area contributed by atoms with Gasteiger partial charge in [0.05, 0.1) is 6.54 Å². The van der Waals surface area contributed by atoms with Crippen LogP contribution in [0.1, 0.15) is 5.56 Å². The van der Waals surface area contributed by atoms with Crippen molar-refractivity contribution in [1.82, 2.24) is 23.7 Å². The Balaban J connectivity index is 2.21. The molecule has 0 bridgehead atoms. The second-order valence-electron chi connectivity index (χ2n) is 5.87. The standard InChI is InChI=1S/C16H15N5O5S/c1-19-12-13(18-15(19)27(3,25)26)21(16(24)20(2)14(12)23)8-4-5-10-6-7-11(22)17-9-10/h6-7,9H,8H2,1-3H3,(H,17,22). The van der Waals surface area contributed by atoms with Crippen molar-refractivity contribution in [2.75, 3.05) is 6.26 Å². The second-order valence-corrected chi connectivity index (χ2v) is 7.78. The highest BCUT2D eigenvalue weighted by molar-refractivity contribution is 7.90. The Morgan fingerprint density at radius 3 is 2.44 bits per heavy atom. The van der Waals surface area contributed by atoms with Crippen LogP contribution in [0.15, 0.2) is 37.9 Å².